The van der Waals surface area contributed by atoms with Gasteiger partial charge in [-0.1, -0.05) is 17.8 Å². The number of allylic oxidation sites excluding steroid dienone is 1. The van der Waals surface area contributed by atoms with E-state index in [4.69, 9.17) is 4.42 Å². The molecule has 0 aromatic carbocycles. The SMILES string of the molecule is C=CCn1c(CNC(=O)c2ccco2)nnc1SC. The summed E-state index contributed by atoms with van der Waals surface area (Å²) in [5.74, 6) is 0.688. The van der Waals surface area contributed by atoms with Gasteiger partial charge in [-0.25, -0.2) is 0 Å². The molecule has 7 heteroatoms. The molecule has 0 radical (unpaired) electrons. The first-order valence-electron chi connectivity index (χ1n) is 5.65. The van der Waals surface area contributed by atoms with Crippen molar-refractivity contribution in [3.05, 3.63) is 42.6 Å². The summed E-state index contributed by atoms with van der Waals surface area (Å²) in [6.45, 7) is 4.60. The molecule has 0 aliphatic rings. The van der Waals surface area contributed by atoms with Crippen molar-refractivity contribution in [3.8, 4) is 0 Å². The predicted octanol–water partition coefficient (Wildman–Crippen LogP) is 1.71. The average molecular weight is 278 g/mol. The van der Waals surface area contributed by atoms with E-state index < -0.39 is 0 Å². The molecule has 100 valence electrons. The molecule has 1 amide bonds. The first kappa shape index (κ1) is 13.4. The monoisotopic (exact) mass is 278 g/mol. The van der Waals surface area contributed by atoms with Crippen molar-refractivity contribution in [3.63, 3.8) is 0 Å². The number of hydrogen-bond donors (Lipinski definition) is 1. The number of carbonyl (C=O) groups excluding carboxylic acids is 1. The van der Waals surface area contributed by atoms with E-state index in [-0.39, 0.29) is 11.7 Å². The van der Waals surface area contributed by atoms with Gasteiger partial charge >= 0.3 is 0 Å². The van der Waals surface area contributed by atoms with Gasteiger partial charge in [0.05, 0.1) is 12.8 Å². The largest absolute Gasteiger partial charge is 0.459 e. The van der Waals surface area contributed by atoms with E-state index in [1.54, 1.807) is 18.2 Å². The van der Waals surface area contributed by atoms with Crippen LogP contribution in [0.25, 0.3) is 0 Å². The van der Waals surface area contributed by atoms with Crippen LogP contribution >= 0.6 is 11.8 Å². The highest BCUT2D eigenvalue weighted by atomic mass is 32.2. The molecule has 1 N–H and O–H groups in total. The van der Waals surface area contributed by atoms with Crippen LogP contribution in [0.4, 0.5) is 0 Å². The van der Waals surface area contributed by atoms with Gasteiger partial charge in [-0.2, -0.15) is 0 Å². The second-order valence-corrected chi connectivity index (χ2v) is 4.44. The number of carbonyl (C=O) groups is 1. The Morgan fingerprint density at radius 3 is 3.11 bits per heavy atom. The molecule has 2 aromatic heterocycles. The van der Waals surface area contributed by atoms with Crippen LogP contribution in [-0.4, -0.2) is 26.9 Å². The van der Waals surface area contributed by atoms with Crippen LogP contribution in [0, 0.1) is 0 Å². The molecule has 0 aliphatic carbocycles. The predicted molar refractivity (Wildman–Crippen MR) is 71.9 cm³/mol. The Morgan fingerprint density at radius 1 is 1.63 bits per heavy atom. The molecule has 0 bridgehead atoms. The van der Waals surface area contributed by atoms with Crippen LogP contribution in [0.3, 0.4) is 0 Å². The summed E-state index contributed by atoms with van der Waals surface area (Å²) < 4.78 is 6.92. The van der Waals surface area contributed by atoms with Crippen LogP contribution < -0.4 is 5.32 Å². The second-order valence-electron chi connectivity index (χ2n) is 3.66. The summed E-state index contributed by atoms with van der Waals surface area (Å²) in [5, 5.41) is 11.6. The van der Waals surface area contributed by atoms with Crippen molar-refractivity contribution in [1.29, 1.82) is 0 Å². The lowest BCUT2D eigenvalue weighted by Crippen LogP contribution is -2.24. The molecule has 2 aromatic rings. The van der Waals surface area contributed by atoms with Gasteiger partial charge in [-0.3, -0.25) is 4.79 Å². The normalized spacial score (nSPS) is 10.4. The Kier molecular flexibility index (Phi) is 4.40. The number of nitrogens with zero attached hydrogens (tertiary/aromatic N) is 3. The molecule has 0 aliphatic heterocycles. The van der Waals surface area contributed by atoms with E-state index in [0.717, 1.165) is 5.16 Å². The van der Waals surface area contributed by atoms with E-state index >= 15 is 0 Å². The van der Waals surface area contributed by atoms with E-state index in [2.05, 4.69) is 22.1 Å². The maximum Gasteiger partial charge on any atom is 0.287 e. The number of aromatic nitrogens is 3. The summed E-state index contributed by atoms with van der Waals surface area (Å²) in [6.07, 6.45) is 5.15. The first-order valence-corrected chi connectivity index (χ1v) is 6.87. The van der Waals surface area contributed by atoms with Gasteiger partial charge in [0.25, 0.3) is 5.91 Å². The van der Waals surface area contributed by atoms with Crippen molar-refractivity contribution < 1.29 is 9.21 Å². The van der Waals surface area contributed by atoms with Crippen molar-refractivity contribution in [2.24, 2.45) is 0 Å². The van der Waals surface area contributed by atoms with Gasteiger partial charge in [0.2, 0.25) is 0 Å². The maximum absolute atomic E-state index is 11.7. The molecule has 19 heavy (non-hydrogen) atoms. The highest BCUT2D eigenvalue weighted by molar-refractivity contribution is 7.98. The molecule has 0 fully saturated rings. The zero-order chi connectivity index (χ0) is 13.7. The minimum atomic E-state index is -0.274. The third-order valence-electron chi connectivity index (χ3n) is 2.44. The van der Waals surface area contributed by atoms with Gasteiger partial charge in [0.15, 0.2) is 16.7 Å². The standard InChI is InChI=1S/C12H14N4O2S/c1-3-6-16-10(14-15-12(16)19-2)8-13-11(17)9-5-4-7-18-9/h3-5,7H,1,6,8H2,2H3,(H,13,17). The van der Waals surface area contributed by atoms with E-state index in [9.17, 15) is 4.79 Å². The van der Waals surface area contributed by atoms with Crippen LogP contribution in [0.2, 0.25) is 0 Å². The third-order valence-corrected chi connectivity index (χ3v) is 3.11. The Morgan fingerprint density at radius 2 is 2.47 bits per heavy atom. The Labute approximate surface area is 114 Å². The number of furan rings is 1. The highest BCUT2D eigenvalue weighted by Gasteiger charge is 2.13. The summed E-state index contributed by atoms with van der Waals surface area (Å²) in [5.41, 5.74) is 0. The van der Waals surface area contributed by atoms with Gasteiger partial charge in [-0.15, -0.1) is 16.8 Å². The second kappa shape index (κ2) is 6.24. The van der Waals surface area contributed by atoms with Gasteiger partial charge < -0.3 is 14.3 Å². The molecule has 6 nitrogen and oxygen atoms in total. The minimum Gasteiger partial charge on any atom is -0.459 e. The molecule has 2 heterocycles. The van der Waals surface area contributed by atoms with Gasteiger partial charge in [0.1, 0.15) is 0 Å². The lowest BCUT2D eigenvalue weighted by Gasteiger charge is -2.06. The van der Waals surface area contributed by atoms with Crippen LogP contribution in [0.15, 0.2) is 40.6 Å². The number of amides is 1. The molecule has 0 unspecified atom stereocenters. The fourth-order valence-corrected chi connectivity index (χ4v) is 2.09. The van der Waals surface area contributed by atoms with Crippen molar-refractivity contribution in [2.45, 2.75) is 18.2 Å². The lowest BCUT2D eigenvalue weighted by molar-refractivity contribution is 0.0921. The van der Waals surface area contributed by atoms with Crippen molar-refractivity contribution in [2.75, 3.05) is 6.26 Å². The van der Waals surface area contributed by atoms with Crippen LogP contribution in [0.1, 0.15) is 16.4 Å². The number of hydrogen-bond acceptors (Lipinski definition) is 5. The zero-order valence-electron chi connectivity index (χ0n) is 10.5. The van der Waals surface area contributed by atoms with Crippen LogP contribution in [-0.2, 0) is 13.1 Å². The third kappa shape index (κ3) is 3.05. The fraction of sp³-hybridized carbons (Fsp3) is 0.250. The maximum atomic E-state index is 11.7. The van der Waals surface area contributed by atoms with Crippen LogP contribution in [0.5, 0.6) is 0 Å². The molecule has 0 spiro atoms. The lowest BCUT2D eigenvalue weighted by atomic mass is 10.4. The van der Waals surface area contributed by atoms with E-state index in [0.29, 0.717) is 18.9 Å². The van der Waals surface area contributed by atoms with Crippen molar-refractivity contribution >= 4 is 17.7 Å². The summed E-state index contributed by atoms with van der Waals surface area (Å²) in [6, 6.07) is 3.28. The summed E-state index contributed by atoms with van der Waals surface area (Å²) >= 11 is 1.50. The smallest absolute Gasteiger partial charge is 0.287 e. The summed E-state index contributed by atoms with van der Waals surface area (Å²) in [7, 11) is 0. The quantitative estimate of drug-likeness (QED) is 0.643. The van der Waals surface area contributed by atoms with Crippen molar-refractivity contribution in [1.82, 2.24) is 20.1 Å². The molecule has 0 saturated carbocycles. The Balaban J connectivity index is 2.05. The fourth-order valence-electron chi connectivity index (χ4n) is 1.57. The Hall–Kier alpha value is -2.02. The van der Waals surface area contributed by atoms with Gasteiger partial charge in [0, 0.05) is 6.54 Å². The van der Waals surface area contributed by atoms with E-state index in [1.807, 2.05) is 10.8 Å². The molecule has 0 saturated heterocycles. The molecule has 0 atom stereocenters. The van der Waals surface area contributed by atoms with E-state index in [1.165, 1.54) is 18.0 Å². The zero-order valence-corrected chi connectivity index (χ0v) is 11.3. The number of nitrogens with one attached hydrogen (secondary N) is 1. The number of rotatable bonds is 6. The minimum absolute atomic E-state index is 0.274. The number of thioether (sulfide) groups is 1. The summed E-state index contributed by atoms with van der Waals surface area (Å²) in [4.78, 5) is 11.7. The average Bonchev–Trinajstić information content (AvgIpc) is 3.06. The Bertz CT molecular complexity index is 562. The molecular weight excluding hydrogens is 264 g/mol. The molecule has 2 rings (SSSR count). The first-order chi connectivity index (χ1) is 9.26. The topological polar surface area (TPSA) is 73.0 Å². The van der Waals surface area contributed by atoms with Gasteiger partial charge in [-0.05, 0) is 18.4 Å². The molecular formula is C12H14N4O2S. The highest BCUT2D eigenvalue weighted by Crippen LogP contribution is 2.13.